The minimum atomic E-state index is -3.96. The van der Waals surface area contributed by atoms with Crippen LogP contribution in [-0.2, 0) is 26.3 Å². The lowest BCUT2D eigenvalue weighted by atomic mass is 10.1. The van der Waals surface area contributed by atoms with Gasteiger partial charge in [0.15, 0.2) is 0 Å². The van der Waals surface area contributed by atoms with Crippen molar-refractivity contribution in [2.24, 2.45) is 0 Å². The van der Waals surface area contributed by atoms with Crippen LogP contribution in [0.1, 0.15) is 32.3 Å². The van der Waals surface area contributed by atoms with Crippen LogP contribution in [0.2, 0.25) is 5.02 Å². The maximum Gasteiger partial charge on any atom is 0.304 e. The average Bonchev–Trinajstić information content (AvgIpc) is 2.82. The number of amides is 2. The number of nitrogens with zero attached hydrogens (tertiary/aromatic N) is 3. The zero-order valence-corrected chi connectivity index (χ0v) is 21.6. The molecule has 1 atom stereocenters. The number of nitrogens with one attached hydrogen (secondary N) is 1. The Bertz CT molecular complexity index is 1050. The molecule has 0 aliphatic heterocycles. The van der Waals surface area contributed by atoms with Crippen molar-refractivity contribution in [3.05, 3.63) is 65.2 Å². The van der Waals surface area contributed by atoms with Crippen LogP contribution in [0.3, 0.4) is 0 Å². The van der Waals surface area contributed by atoms with Crippen LogP contribution >= 0.6 is 11.6 Å². The molecule has 34 heavy (non-hydrogen) atoms. The van der Waals surface area contributed by atoms with E-state index in [1.54, 1.807) is 61.5 Å². The summed E-state index contributed by atoms with van der Waals surface area (Å²) < 4.78 is 28.2. The lowest BCUT2D eigenvalue weighted by molar-refractivity contribution is -0.139. The van der Waals surface area contributed by atoms with Gasteiger partial charge in [-0.3, -0.25) is 9.59 Å². The summed E-state index contributed by atoms with van der Waals surface area (Å²) in [4.78, 5) is 27.7. The lowest BCUT2D eigenvalue weighted by Crippen LogP contribution is -2.52. The Morgan fingerprint density at radius 1 is 1.03 bits per heavy atom. The first-order valence-electron chi connectivity index (χ1n) is 11.1. The number of anilines is 1. The second-order valence-corrected chi connectivity index (χ2v) is 10.6. The molecule has 10 heteroatoms. The van der Waals surface area contributed by atoms with Gasteiger partial charge in [-0.1, -0.05) is 55.3 Å². The van der Waals surface area contributed by atoms with Gasteiger partial charge in [0.05, 0.1) is 5.69 Å². The van der Waals surface area contributed by atoms with E-state index in [0.717, 1.165) is 27.0 Å². The normalized spacial score (nSPS) is 12.3. The highest BCUT2D eigenvalue weighted by Gasteiger charge is 2.32. The lowest BCUT2D eigenvalue weighted by Gasteiger charge is -2.32. The molecule has 0 saturated heterocycles. The van der Waals surface area contributed by atoms with Gasteiger partial charge in [0.1, 0.15) is 12.6 Å². The summed E-state index contributed by atoms with van der Waals surface area (Å²) in [6.07, 6.45) is 1.75. The van der Waals surface area contributed by atoms with Crippen molar-refractivity contribution in [2.75, 3.05) is 31.5 Å². The summed E-state index contributed by atoms with van der Waals surface area (Å²) >= 11 is 5.99. The molecule has 0 heterocycles. The third-order valence-corrected chi connectivity index (χ3v) is 7.40. The summed E-state index contributed by atoms with van der Waals surface area (Å²) in [6, 6.07) is 14.6. The second-order valence-electron chi connectivity index (χ2n) is 8.10. The number of unbranched alkanes of at least 4 members (excludes halogenated alkanes) is 1. The van der Waals surface area contributed by atoms with E-state index in [1.165, 1.54) is 19.0 Å². The van der Waals surface area contributed by atoms with Crippen LogP contribution in [0.4, 0.5) is 5.69 Å². The Kier molecular flexibility index (Phi) is 10.3. The van der Waals surface area contributed by atoms with Crippen molar-refractivity contribution >= 4 is 39.3 Å². The first kappa shape index (κ1) is 27.6. The van der Waals surface area contributed by atoms with Crippen molar-refractivity contribution in [2.45, 2.75) is 39.3 Å². The predicted molar refractivity (Wildman–Crippen MR) is 136 cm³/mol. The van der Waals surface area contributed by atoms with E-state index in [4.69, 9.17) is 11.6 Å². The molecule has 0 spiro atoms. The van der Waals surface area contributed by atoms with Crippen LogP contribution < -0.4 is 9.62 Å². The highest BCUT2D eigenvalue weighted by molar-refractivity contribution is 7.90. The number of carbonyl (C=O) groups excluding carboxylic acids is 2. The fraction of sp³-hybridized carbons (Fsp3) is 0.417. The molecule has 0 aromatic heterocycles. The Labute approximate surface area is 207 Å². The SMILES string of the molecule is CCCCNC(=O)[C@@H](C)N(Cc1ccc(Cl)cc1)C(=O)CN(c1ccccc1)S(=O)(=O)N(C)C. The highest BCUT2D eigenvalue weighted by Crippen LogP contribution is 2.20. The molecule has 0 fully saturated rings. The van der Waals surface area contributed by atoms with Crippen molar-refractivity contribution in [1.29, 1.82) is 0 Å². The van der Waals surface area contributed by atoms with Crippen molar-refractivity contribution in [3.63, 3.8) is 0 Å². The third-order valence-electron chi connectivity index (χ3n) is 5.33. The summed E-state index contributed by atoms with van der Waals surface area (Å²) in [5.74, 6) is -0.792. The van der Waals surface area contributed by atoms with Gasteiger partial charge in [0.25, 0.3) is 0 Å². The summed E-state index contributed by atoms with van der Waals surface area (Å²) in [5, 5.41) is 3.41. The smallest absolute Gasteiger partial charge is 0.304 e. The molecular formula is C24H33ClN4O4S. The van der Waals surface area contributed by atoms with E-state index in [2.05, 4.69) is 5.32 Å². The molecular weight excluding hydrogens is 476 g/mol. The zero-order valence-electron chi connectivity index (χ0n) is 20.1. The van der Waals surface area contributed by atoms with E-state index in [0.29, 0.717) is 17.3 Å². The molecule has 0 radical (unpaired) electrons. The maximum atomic E-state index is 13.5. The van der Waals surface area contributed by atoms with Gasteiger partial charge in [0.2, 0.25) is 11.8 Å². The van der Waals surface area contributed by atoms with Gasteiger partial charge >= 0.3 is 10.2 Å². The zero-order chi connectivity index (χ0) is 25.3. The molecule has 0 aliphatic rings. The molecule has 0 bridgehead atoms. The van der Waals surface area contributed by atoms with Crippen LogP contribution in [0.25, 0.3) is 0 Å². The van der Waals surface area contributed by atoms with Crippen molar-refractivity contribution < 1.29 is 18.0 Å². The van der Waals surface area contributed by atoms with E-state index >= 15 is 0 Å². The largest absolute Gasteiger partial charge is 0.354 e. The molecule has 1 N–H and O–H groups in total. The number of hydrogen-bond donors (Lipinski definition) is 1. The molecule has 2 rings (SSSR count). The predicted octanol–water partition coefficient (Wildman–Crippen LogP) is 3.29. The van der Waals surface area contributed by atoms with Crippen LogP contribution in [0, 0.1) is 0 Å². The molecule has 8 nitrogen and oxygen atoms in total. The molecule has 0 saturated carbocycles. The van der Waals surface area contributed by atoms with E-state index in [9.17, 15) is 18.0 Å². The number of hydrogen-bond acceptors (Lipinski definition) is 4. The number of para-hydroxylation sites is 1. The summed E-state index contributed by atoms with van der Waals surface area (Å²) in [5.41, 5.74) is 1.13. The van der Waals surface area contributed by atoms with Gasteiger partial charge in [0, 0.05) is 32.2 Å². The number of rotatable bonds is 12. The minimum absolute atomic E-state index is 0.128. The molecule has 186 valence electrons. The number of benzene rings is 2. The second kappa shape index (κ2) is 12.7. The molecule has 2 amide bonds. The molecule has 2 aromatic rings. The first-order chi connectivity index (χ1) is 16.1. The van der Waals surface area contributed by atoms with Gasteiger partial charge in [-0.2, -0.15) is 12.7 Å². The Morgan fingerprint density at radius 2 is 1.65 bits per heavy atom. The van der Waals surface area contributed by atoms with Gasteiger partial charge < -0.3 is 10.2 Å². The monoisotopic (exact) mass is 508 g/mol. The molecule has 0 unspecified atom stereocenters. The minimum Gasteiger partial charge on any atom is -0.354 e. The van der Waals surface area contributed by atoms with Crippen LogP contribution in [0.5, 0.6) is 0 Å². The van der Waals surface area contributed by atoms with Crippen molar-refractivity contribution in [3.8, 4) is 0 Å². The number of carbonyl (C=O) groups is 2. The van der Waals surface area contributed by atoms with Crippen molar-refractivity contribution in [1.82, 2.24) is 14.5 Å². The van der Waals surface area contributed by atoms with E-state index in [-0.39, 0.29) is 12.5 Å². The number of halogens is 1. The van der Waals surface area contributed by atoms with Gasteiger partial charge in [-0.15, -0.1) is 0 Å². The highest BCUT2D eigenvalue weighted by atomic mass is 35.5. The Balaban J connectivity index is 2.37. The fourth-order valence-electron chi connectivity index (χ4n) is 3.22. The first-order valence-corrected chi connectivity index (χ1v) is 12.9. The third kappa shape index (κ3) is 7.44. The fourth-order valence-corrected chi connectivity index (χ4v) is 4.40. The van der Waals surface area contributed by atoms with Gasteiger partial charge in [-0.25, -0.2) is 4.31 Å². The quantitative estimate of drug-likeness (QED) is 0.445. The molecule has 2 aromatic carbocycles. The van der Waals surface area contributed by atoms with Crippen LogP contribution in [-0.4, -0.2) is 62.7 Å². The van der Waals surface area contributed by atoms with Gasteiger partial charge in [-0.05, 0) is 43.2 Å². The summed E-state index contributed by atoms with van der Waals surface area (Å²) in [6.45, 7) is 3.85. The topological polar surface area (TPSA) is 90.0 Å². The van der Waals surface area contributed by atoms with Crippen LogP contribution in [0.15, 0.2) is 54.6 Å². The Hall–Kier alpha value is -2.62. The Morgan fingerprint density at radius 3 is 2.21 bits per heavy atom. The van der Waals surface area contributed by atoms with E-state index < -0.39 is 28.7 Å². The molecule has 0 aliphatic carbocycles. The summed E-state index contributed by atoms with van der Waals surface area (Å²) in [7, 11) is -1.15. The maximum absolute atomic E-state index is 13.5. The standard InChI is InChI=1S/C24H33ClN4O4S/c1-5-6-16-26-24(31)19(2)28(17-20-12-14-21(25)15-13-20)23(30)18-29(34(32,33)27(3)4)22-10-8-7-9-11-22/h7-15,19H,5-6,16-18H2,1-4H3,(H,26,31)/t19-/m1/s1. The van der Waals surface area contributed by atoms with E-state index in [1.807, 2.05) is 6.92 Å². The average molecular weight is 509 g/mol.